The molecule has 15 heavy (non-hydrogen) atoms. The van der Waals surface area contributed by atoms with Gasteiger partial charge >= 0.3 is 0 Å². The van der Waals surface area contributed by atoms with Gasteiger partial charge in [-0.25, -0.2) is 0 Å². The highest BCUT2D eigenvalue weighted by Crippen LogP contribution is 2.06. The number of hydrogen-bond acceptors (Lipinski definition) is 4. The topological polar surface area (TPSA) is 51.0 Å². The van der Waals surface area contributed by atoms with Crippen LogP contribution in [0, 0.1) is 5.92 Å². The maximum atomic E-state index is 5.12. The molecule has 0 aliphatic heterocycles. The number of rotatable bonds is 7. The van der Waals surface area contributed by atoms with Gasteiger partial charge in [0.2, 0.25) is 5.89 Å². The van der Waals surface area contributed by atoms with Crippen LogP contribution in [0.4, 0.5) is 0 Å². The lowest BCUT2D eigenvalue weighted by molar-refractivity contribution is 0.362. The van der Waals surface area contributed by atoms with Crippen LogP contribution >= 0.6 is 0 Å². The summed E-state index contributed by atoms with van der Waals surface area (Å²) in [7, 11) is 0. The molecule has 0 fully saturated rings. The van der Waals surface area contributed by atoms with E-state index >= 15 is 0 Å². The Balaban J connectivity index is 2.29. The van der Waals surface area contributed by atoms with Crippen molar-refractivity contribution in [2.75, 3.05) is 6.54 Å². The smallest absolute Gasteiger partial charge is 0.240 e. The molecule has 0 aromatic carbocycles. The predicted octanol–water partition coefficient (Wildman–Crippen LogP) is 2.16. The Morgan fingerprint density at radius 1 is 1.40 bits per heavy atom. The van der Waals surface area contributed by atoms with E-state index in [0.717, 1.165) is 31.6 Å². The number of aromatic nitrogens is 2. The minimum Gasteiger partial charge on any atom is -0.338 e. The number of nitrogens with zero attached hydrogens (tertiary/aromatic N) is 2. The van der Waals surface area contributed by atoms with Crippen LogP contribution in [0.15, 0.2) is 4.52 Å². The molecular weight excluding hydrogens is 190 g/mol. The Labute approximate surface area is 91.5 Å². The molecule has 0 radical (unpaired) electrons. The zero-order chi connectivity index (χ0) is 11.1. The maximum Gasteiger partial charge on any atom is 0.240 e. The molecule has 0 aliphatic carbocycles. The van der Waals surface area contributed by atoms with E-state index in [0.29, 0.717) is 18.4 Å². The highest BCUT2D eigenvalue weighted by atomic mass is 16.5. The molecule has 0 saturated carbocycles. The van der Waals surface area contributed by atoms with Crippen LogP contribution in [0.5, 0.6) is 0 Å². The summed E-state index contributed by atoms with van der Waals surface area (Å²) in [6, 6.07) is 0. The molecule has 4 nitrogen and oxygen atoms in total. The van der Waals surface area contributed by atoms with Gasteiger partial charge in [-0.05, 0) is 25.3 Å². The monoisotopic (exact) mass is 211 g/mol. The van der Waals surface area contributed by atoms with Crippen molar-refractivity contribution in [3.63, 3.8) is 0 Å². The third-order valence-corrected chi connectivity index (χ3v) is 2.16. The molecule has 1 aromatic rings. The Bertz CT molecular complexity index is 271. The van der Waals surface area contributed by atoms with Gasteiger partial charge in [0.05, 0.1) is 6.54 Å². The molecule has 0 bridgehead atoms. The maximum absolute atomic E-state index is 5.12. The lowest BCUT2D eigenvalue weighted by Crippen LogP contribution is -2.13. The van der Waals surface area contributed by atoms with Gasteiger partial charge in [-0.1, -0.05) is 25.9 Å². The van der Waals surface area contributed by atoms with Gasteiger partial charge in [-0.2, -0.15) is 4.98 Å². The van der Waals surface area contributed by atoms with Crippen molar-refractivity contribution in [3.8, 4) is 0 Å². The highest BCUT2D eigenvalue weighted by molar-refractivity contribution is 4.86. The third kappa shape index (κ3) is 4.93. The quantitative estimate of drug-likeness (QED) is 0.702. The van der Waals surface area contributed by atoms with Crippen LogP contribution in [0.25, 0.3) is 0 Å². The minimum absolute atomic E-state index is 0.683. The van der Waals surface area contributed by atoms with Crippen LogP contribution in [0.2, 0.25) is 0 Å². The molecule has 0 unspecified atom stereocenters. The van der Waals surface area contributed by atoms with Gasteiger partial charge in [-0.15, -0.1) is 0 Å². The summed E-state index contributed by atoms with van der Waals surface area (Å²) < 4.78 is 5.12. The van der Waals surface area contributed by atoms with Gasteiger partial charge in [0.15, 0.2) is 5.82 Å². The predicted molar refractivity (Wildman–Crippen MR) is 59.5 cm³/mol. The SMILES string of the molecule is CCCNCc1nc(CCC(C)C)no1. The minimum atomic E-state index is 0.683. The Morgan fingerprint density at radius 3 is 2.87 bits per heavy atom. The Hall–Kier alpha value is -0.900. The Morgan fingerprint density at radius 2 is 2.20 bits per heavy atom. The largest absolute Gasteiger partial charge is 0.338 e. The van der Waals surface area contributed by atoms with Crippen molar-refractivity contribution < 1.29 is 4.52 Å². The molecule has 0 spiro atoms. The second kappa shape index (κ2) is 6.56. The summed E-state index contributed by atoms with van der Waals surface area (Å²) in [5.74, 6) is 2.21. The summed E-state index contributed by atoms with van der Waals surface area (Å²) in [5, 5.41) is 7.17. The second-order valence-electron chi connectivity index (χ2n) is 4.21. The van der Waals surface area contributed by atoms with Crippen LogP contribution < -0.4 is 5.32 Å². The van der Waals surface area contributed by atoms with E-state index in [1.54, 1.807) is 0 Å². The lowest BCUT2D eigenvalue weighted by atomic mass is 10.1. The summed E-state index contributed by atoms with van der Waals surface area (Å²) >= 11 is 0. The van der Waals surface area contributed by atoms with Gasteiger partial charge in [0.25, 0.3) is 0 Å². The van der Waals surface area contributed by atoms with Crippen LogP contribution in [-0.4, -0.2) is 16.7 Å². The number of nitrogens with one attached hydrogen (secondary N) is 1. The van der Waals surface area contributed by atoms with Gasteiger partial charge < -0.3 is 9.84 Å². The Kier molecular flexibility index (Phi) is 5.32. The summed E-state index contributed by atoms with van der Waals surface area (Å²) in [4.78, 5) is 4.31. The first-order valence-electron chi connectivity index (χ1n) is 5.74. The average molecular weight is 211 g/mol. The molecule has 86 valence electrons. The van der Waals surface area contributed by atoms with Crippen LogP contribution in [-0.2, 0) is 13.0 Å². The van der Waals surface area contributed by atoms with Crippen molar-refractivity contribution in [2.24, 2.45) is 5.92 Å². The second-order valence-corrected chi connectivity index (χ2v) is 4.21. The van der Waals surface area contributed by atoms with Crippen molar-refractivity contribution in [2.45, 2.75) is 46.6 Å². The first kappa shape index (κ1) is 12.2. The summed E-state index contributed by atoms with van der Waals surface area (Å²) in [6.07, 6.45) is 3.14. The molecular formula is C11H21N3O. The fraction of sp³-hybridized carbons (Fsp3) is 0.818. The molecule has 4 heteroatoms. The summed E-state index contributed by atoms with van der Waals surface area (Å²) in [5.41, 5.74) is 0. The van der Waals surface area contributed by atoms with Crippen LogP contribution in [0.3, 0.4) is 0 Å². The molecule has 1 N–H and O–H groups in total. The normalized spacial score (nSPS) is 11.2. The molecule has 1 rings (SSSR count). The average Bonchev–Trinajstić information content (AvgIpc) is 2.63. The number of aryl methyl sites for hydroxylation is 1. The van der Waals surface area contributed by atoms with E-state index in [9.17, 15) is 0 Å². The molecule has 0 amide bonds. The molecule has 0 aliphatic rings. The van der Waals surface area contributed by atoms with E-state index in [4.69, 9.17) is 4.52 Å². The van der Waals surface area contributed by atoms with Crippen molar-refractivity contribution in [1.29, 1.82) is 0 Å². The first-order chi connectivity index (χ1) is 7.22. The lowest BCUT2D eigenvalue weighted by Gasteiger charge is -1.98. The zero-order valence-electron chi connectivity index (χ0n) is 9.92. The first-order valence-corrected chi connectivity index (χ1v) is 5.74. The zero-order valence-corrected chi connectivity index (χ0v) is 9.92. The van der Waals surface area contributed by atoms with Gasteiger partial charge in [0.1, 0.15) is 0 Å². The van der Waals surface area contributed by atoms with E-state index in [2.05, 4.69) is 36.2 Å². The van der Waals surface area contributed by atoms with Gasteiger partial charge in [0, 0.05) is 6.42 Å². The molecule has 1 heterocycles. The summed E-state index contributed by atoms with van der Waals surface area (Å²) in [6.45, 7) is 8.20. The number of hydrogen-bond donors (Lipinski definition) is 1. The highest BCUT2D eigenvalue weighted by Gasteiger charge is 2.06. The van der Waals surface area contributed by atoms with E-state index in [-0.39, 0.29) is 0 Å². The molecule has 0 saturated heterocycles. The fourth-order valence-electron chi connectivity index (χ4n) is 1.25. The third-order valence-electron chi connectivity index (χ3n) is 2.16. The van der Waals surface area contributed by atoms with E-state index < -0.39 is 0 Å². The van der Waals surface area contributed by atoms with Crippen LogP contribution in [0.1, 0.15) is 45.3 Å². The standard InChI is InChI=1S/C11H21N3O/c1-4-7-12-8-11-13-10(14-15-11)6-5-9(2)3/h9,12H,4-8H2,1-3H3. The van der Waals surface area contributed by atoms with Gasteiger partial charge in [-0.3, -0.25) is 0 Å². The fourth-order valence-corrected chi connectivity index (χ4v) is 1.25. The molecule has 1 aromatic heterocycles. The molecule has 0 atom stereocenters. The van der Waals surface area contributed by atoms with Crippen molar-refractivity contribution in [1.82, 2.24) is 15.5 Å². The van der Waals surface area contributed by atoms with E-state index in [1.807, 2.05) is 0 Å². The van der Waals surface area contributed by atoms with E-state index in [1.165, 1.54) is 0 Å². The van der Waals surface area contributed by atoms with Crippen molar-refractivity contribution in [3.05, 3.63) is 11.7 Å². The van der Waals surface area contributed by atoms with Crippen molar-refractivity contribution >= 4 is 0 Å².